The quantitative estimate of drug-likeness (QED) is 0.618. The van der Waals surface area contributed by atoms with Crippen molar-refractivity contribution in [1.82, 2.24) is 29.9 Å². The summed E-state index contributed by atoms with van der Waals surface area (Å²) in [4.78, 5) is 16.3. The molecule has 9 nitrogen and oxygen atoms in total. The number of carbonyl (C=O) groups is 1. The summed E-state index contributed by atoms with van der Waals surface area (Å²) in [6, 6.07) is 7.48. The molecule has 130 valence electrons. The van der Waals surface area contributed by atoms with Crippen molar-refractivity contribution in [3.8, 4) is 11.4 Å². The van der Waals surface area contributed by atoms with Gasteiger partial charge in [-0.2, -0.15) is 15.2 Å². The van der Waals surface area contributed by atoms with Crippen molar-refractivity contribution < 1.29 is 9.53 Å². The van der Waals surface area contributed by atoms with E-state index in [0.29, 0.717) is 30.4 Å². The number of methoxy groups -OCH3 is 1. The van der Waals surface area contributed by atoms with E-state index >= 15 is 0 Å². The molecule has 0 saturated heterocycles. The fraction of sp³-hybridized carbons (Fsp3) is 0.250. The van der Waals surface area contributed by atoms with Crippen molar-refractivity contribution in [2.24, 2.45) is 7.05 Å². The second-order valence-corrected chi connectivity index (χ2v) is 5.24. The first-order valence-corrected chi connectivity index (χ1v) is 7.73. The van der Waals surface area contributed by atoms with Crippen molar-refractivity contribution in [1.29, 1.82) is 0 Å². The highest BCUT2D eigenvalue weighted by Crippen LogP contribution is 2.21. The topological polar surface area (TPSA) is 98.9 Å². The minimum Gasteiger partial charge on any atom is -0.494 e. The van der Waals surface area contributed by atoms with Gasteiger partial charge in [0.25, 0.3) is 5.91 Å². The number of nitrogens with one attached hydrogen (secondary N) is 2. The molecule has 0 spiro atoms. The van der Waals surface area contributed by atoms with E-state index in [2.05, 4.69) is 25.8 Å². The van der Waals surface area contributed by atoms with Crippen LogP contribution in [0.3, 0.4) is 0 Å². The maximum absolute atomic E-state index is 12.2. The number of hydrogen-bond acceptors (Lipinski definition) is 6. The van der Waals surface area contributed by atoms with E-state index in [4.69, 9.17) is 4.74 Å². The number of rotatable bonds is 7. The summed E-state index contributed by atoms with van der Waals surface area (Å²) < 4.78 is 8.55. The van der Waals surface area contributed by atoms with Gasteiger partial charge < -0.3 is 15.4 Å². The summed E-state index contributed by atoms with van der Waals surface area (Å²) in [5.41, 5.74) is 1.25. The lowest BCUT2D eigenvalue weighted by Crippen LogP contribution is -2.29. The van der Waals surface area contributed by atoms with E-state index in [1.165, 1.54) is 12.5 Å². The fourth-order valence-electron chi connectivity index (χ4n) is 2.30. The molecule has 0 aliphatic rings. The largest absolute Gasteiger partial charge is 0.494 e. The summed E-state index contributed by atoms with van der Waals surface area (Å²) in [7, 11) is 3.39. The van der Waals surface area contributed by atoms with Crippen molar-refractivity contribution in [3.05, 3.63) is 48.5 Å². The molecular weight excluding hydrogens is 322 g/mol. The van der Waals surface area contributed by atoms with Crippen LogP contribution in [0.4, 0.5) is 5.95 Å². The van der Waals surface area contributed by atoms with E-state index in [9.17, 15) is 4.79 Å². The van der Waals surface area contributed by atoms with E-state index in [1.54, 1.807) is 29.7 Å². The third-order valence-corrected chi connectivity index (χ3v) is 3.58. The highest BCUT2D eigenvalue weighted by atomic mass is 16.5. The molecule has 0 bridgehead atoms. The van der Waals surface area contributed by atoms with Crippen LogP contribution in [0.5, 0.6) is 5.75 Å². The number of aromatic nitrogens is 5. The lowest BCUT2D eigenvalue weighted by Gasteiger charge is -2.07. The zero-order chi connectivity index (χ0) is 17.6. The zero-order valence-corrected chi connectivity index (χ0v) is 14.0. The molecule has 3 aromatic rings. The minimum atomic E-state index is -0.194. The third-order valence-electron chi connectivity index (χ3n) is 3.58. The Morgan fingerprint density at radius 1 is 1.24 bits per heavy atom. The standard InChI is InChI=1S/C16H19N7O2/c1-22-16(19-11-21-22)18-8-7-17-15(24)12-9-20-23(10-12)13-5-3-4-6-14(13)25-2/h3-6,9-11H,7-8H2,1-2H3,(H,17,24)(H,18,19,21). The summed E-state index contributed by atoms with van der Waals surface area (Å²) in [5, 5.41) is 14.1. The molecule has 0 fully saturated rings. The van der Waals surface area contributed by atoms with E-state index < -0.39 is 0 Å². The lowest BCUT2D eigenvalue weighted by atomic mass is 10.3. The average Bonchev–Trinajstić information content (AvgIpc) is 3.28. The molecule has 9 heteroatoms. The van der Waals surface area contributed by atoms with Crippen LogP contribution in [0.25, 0.3) is 5.69 Å². The van der Waals surface area contributed by atoms with Crippen molar-refractivity contribution >= 4 is 11.9 Å². The SMILES string of the molecule is COc1ccccc1-n1cc(C(=O)NCCNc2ncnn2C)cn1. The first kappa shape index (κ1) is 16.5. The van der Waals surface area contributed by atoms with Gasteiger partial charge in [-0.25, -0.2) is 9.36 Å². The summed E-state index contributed by atoms with van der Waals surface area (Å²) in [5.74, 6) is 1.14. The number of carbonyl (C=O) groups excluding carboxylic acids is 1. The van der Waals surface area contributed by atoms with Gasteiger partial charge in [0.2, 0.25) is 5.95 Å². The van der Waals surface area contributed by atoms with Gasteiger partial charge >= 0.3 is 0 Å². The monoisotopic (exact) mass is 341 g/mol. The molecule has 0 saturated carbocycles. The molecule has 0 atom stereocenters. The molecule has 2 aromatic heterocycles. The van der Waals surface area contributed by atoms with Gasteiger partial charge in [0.05, 0.1) is 18.9 Å². The van der Waals surface area contributed by atoms with Crippen LogP contribution < -0.4 is 15.4 Å². The lowest BCUT2D eigenvalue weighted by molar-refractivity contribution is 0.0955. The fourth-order valence-corrected chi connectivity index (χ4v) is 2.30. The van der Waals surface area contributed by atoms with Crippen LogP contribution >= 0.6 is 0 Å². The number of aryl methyl sites for hydroxylation is 1. The van der Waals surface area contributed by atoms with Crippen LogP contribution in [-0.4, -0.2) is 50.7 Å². The molecule has 2 N–H and O–H groups in total. The van der Waals surface area contributed by atoms with E-state index in [1.807, 2.05) is 24.3 Å². The molecule has 0 radical (unpaired) electrons. The van der Waals surface area contributed by atoms with Crippen molar-refractivity contribution in [2.45, 2.75) is 0 Å². The predicted octanol–water partition coefficient (Wildman–Crippen LogP) is 0.851. The Bertz CT molecular complexity index is 856. The van der Waals surface area contributed by atoms with Crippen molar-refractivity contribution in [2.75, 3.05) is 25.5 Å². The van der Waals surface area contributed by atoms with Crippen LogP contribution in [0.15, 0.2) is 43.0 Å². The first-order chi connectivity index (χ1) is 12.2. The molecule has 2 heterocycles. The number of para-hydroxylation sites is 2. The molecular formula is C16H19N7O2. The molecule has 0 aliphatic heterocycles. The Morgan fingerprint density at radius 3 is 2.84 bits per heavy atom. The molecule has 25 heavy (non-hydrogen) atoms. The molecule has 1 amide bonds. The van der Waals surface area contributed by atoms with Crippen LogP contribution in [-0.2, 0) is 7.05 Å². The summed E-state index contributed by atoms with van der Waals surface area (Å²) in [6.07, 6.45) is 4.66. The molecule has 0 unspecified atom stereocenters. The number of hydrogen-bond donors (Lipinski definition) is 2. The first-order valence-electron chi connectivity index (χ1n) is 7.73. The number of amides is 1. The van der Waals surface area contributed by atoms with Gasteiger partial charge in [0.15, 0.2) is 0 Å². The van der Waals surface area contributed by atoms with E-state index in [-0.39, 0.29) is 5.91 Å². The molecule has 3 rings (SSSR count). The van der Waals surface area contributed by atoms with E-state index in [0.717, 1.165) is 5.69 Å². The van der Waals surface area contributed by atoms with Crippen LogP contribution in [0, 0.1) is 0 Å². The third kappa shape index (κ3) is 3.77. The Balaban J connectivity index is 1.56. The highest BCUT2D eigenvalue weighted by molar-refractivity contribution is 5.93. The predicted molar refractivity (Wildman–Crippen MR) is 91.9 cm³/mol. The molecule has 1 aromatic carbocycles. The normalized spacial score (nSPS) is 10.5. The maximum Gasteiger partial charge on any atom is 0.254 e. The Morgan fingerprint density at radius 2 is 2.08 bits per heavy atom. The number of anilines is 1. The Hall–Kier alpha value is -3.36. The summed E-state index contributed by atoms with van der Waals surface area (Å²) in [6.45, 7) is 0.991. The Labute approximate surface area is 144 Å². The van der Waals surface area contributed by atoms with Gasteiger partial charge in [-0.15, -0.1) is 0 Å². The highest BCUT2D eigenvalue weighted by Gasteiger charge is 2.11. The van der Waals surface area contributed by atoms with Gasteiger partial charge in [-0.05, 0) is 12.1 Å². The van der Waals surface area contributed by atoms with Gasteiger partial charge in [-0.1, -0.05) is 12.1 Å². The Kier molecular flexibility index (Phi) is 4.93. The van der Waals surface area contributed by atoms with Gasteiger partial charge in [0, 0.05) is 26.3 Å². The van der Waals surface area contributed by atoms with Crippen LogP contribution in [0.1, 0.15) is 10.4 Å². The second kappa shape index (κ2) is 7.47. The molecule has 0 aliphatic carbocycles. The van der Waals surface area contributed by atoms with Gasteiger partial charge in [0.1, 0.15) is 17.8 Å². The summed E-state index contributed by atoms with van der Waals surface area (Å²) >= 11 is 0. The number of nitrogens with zero attached hydrogens (tertiary/aromatic N) is 5. The average molecular weight is 341 g/mol. The number of ether oxygens (including phenoxy) is 1. The second-order valence-electron chi connectivity index (χ2n) is 5.24. The van der Waals surface area contributed by atoms with Crippen molar-refractivity contribution in [3.63, 3.8) is 0 Å². The zero-order valence-electron chi connectivity index (χ0n) is 14.0. The van der Waals surface area contributed by atoms with Crippen LogP contribution in [0.2, 0.25) is 0 Å². The van der Waals surface area contributed by atoms with Gasteiger partial charge in [-0.3, -0.25) is 4.79 Å². The maximum atomic E-state index is 12.2. The smallest absolute Gasteiger partial charge is 0.254 e. The number of benzene rings is 1. The minimum absolute atomic E-state index is 0.194.